The van der Waals surface area contributed by atoms with Crippen LogP contribution in [0.1, 0.15) is 42.5 Å². The van der Waals surface area contributed by atoms with Gasteiger partial charge in [0.2, 0.25) is 0 Å². The minimum absolute atomic E-state index is 0.226. The van der Waals surface area contributed by atoms with Crippen molar-refractivity contribution < 1.29 is 18.7 Å². The quantitative estimate of drug-likeness (QED) is 0.923. The highest BCUT2D eigenvalue weighted by atomic mass is 19.1. The van der Waals surface area contributed by atoms with Crippen LogP contribution in [0, 0.1) is 11.7 Å². The highest BCUT2D eigenvalue weighted by Gasteiger charge is 2.33. The molecule has 0 aliphatic carbocycles. The number of nitrogens with one attached hydrogen (secondary N) is 1. The Labute approximate surface area is 141 Å². The number of piperidine rings is 2. The zero-order chi connectivity index (χ0) is 16.9. The molecule has 1 aromatic carbocycles. The molecule has 0 radical (unpaired) electrons. The molecule has 2 fully saturated rings. The average Bonchev–Trinajstić information content (AvgIpc) is 2.60. The Hall–Kier alpha value is -1.95. The Bertz CT molecular complexity index is 588. The number of amides is 2. The highest BCUT2D eigenvalue weighted by molar-refractivity contribution is 6.02. The number of fused-ring (bicyclic) bond motifs is 1. The minimum atomic E-state index is -0.739. The van der Waals surface area contributed by atoms with Crippen molar-refractivity contribution in [3.05, 3.63) is 35.6 Å². The molecule has 2 amide bonds. The summed E-state index contributed by atoms with van der Waals surface area (Å²) in [6.45, 7) is 2.61. The Morgan fingerprint density at radius 1 is 1.12 bits per heavy atom. The molecule has 2 aliphatic heterocycles. The van der Waals surface area contributed by atoms with Crippen molar-refractivity contribution in [3.8, 4) is 0 Å². The smallest absolute Gasteiger partial charge is 0.414 e. The lowest BCUT2D eigenvalue weighted by molar-refractivity contribution is 0.0235. The van der Waals surface area contributed by atoms with Crippen molar-refractivity contribution in [1.29, 1.82) is 0 Å². The maximum atomic E-state index is 12.8. The van der Waals surface area contributed by atoms with Crippen molar-refractivity contribution in [2.45, 2.75) is 38.1 Å². The summed E-state index contributed by atoms with van der Waals surface area (Å²) in [5, 5.41) is 2.19. The second-order valence-corrected chi connectivity index (χ2v) is 6.56. The van der Waals surface area contributed by atoms with Gasteiger partial charge in [-0.3, -0.25) is 15.0 Å². The van der Waals surface area contributed by atoms with E-state index >= 15 is 0 Å². The van der Waals surface area contributed by atoms with Gasteiger partial charge in [-0.1, -0.05) is 6.42 Å². The maximum absolute atomic E-state index is 12.8. The van der Waals surface area contributed by atoms with E-state index < -0.39 is 17.8 Å². The number of benzene rings is 1. The van der Waals surface area contributed by atoms with E-state index in [0.29, 0.717) is 18.6 Å². The molecule has 2 aliphatic rings. The van der Waals surface area contributed by atoms with Gasteiger partial charge in [0.1, 0.15) is 5.82 Å². The monoisotopic (exact) mass is 334 g/mol. The van der Waals surface area contributed by atoms with Crippen LogP contribution in [0.5, 0.6) is 0 Å². The topological polar surface area (TPSA) is 58.6 Å². The molecule has 1 N–H and O–H groups in total. The number of alkyl carbamates (subject to hydrolysis) is 1. The van der Waals surface area contributed by atoms with Gasteiger partial charge in [-0.25, -0.2) is 9.18 Å². The van der Waals surface area contributed by atoms with Crippen LogP contribution >= 0.6 is 0 Å². The van der Waals surface area contributed by atoms with Crippen LogP contribution in [0.3, 0.4) is 0 Å². The Balaban J connectivity index is 1.48. The Morgan fingerprint density at radius 2 is 1.88 bits per heavy atom. The van der Waals surface area contributed by atoms with Gasteiger partial charge in [0.05, 0.1) is 6.61 Å². The molecule has 1 aromatic rings. The first-order chi connectivity index (χ1) is 11.6. The van der Waals surface area contributed by atoms with E-state index in [1.54, 1.807) is 0 Å². The summed E-state index contributed by atoms with van der Waals surface area (Å²) in [7, 11) is 0. The number of ether oxygens (including phenoxy) is 1. The first-order valence-corrected chi connectivity index (χ1v) is 8.61. The molecule has 0 bridgehead atoms. The van der Waals surface area contributed by atoms with E-state index in [9.17, 15) is 14.0 Å². The van der Waals surface area contributed by atoms with E-state index in [0.717, 1.165) is 32.4 Å². The summed E-state index contributed by atoms with van der Waals surface area (Å²) in [5.41, 5.74) is 0.226. The van der Waals surface area contributed by atoms with E-state index in [1.807, 2.05) is 0 Å². The standard InChI is InChI=1S/C18H23FN2O3/c19-15-8-6-13(7-9-15)17(22)20-18(23)24-12-14-4-3-11-21-10-2-1-5-16(14)21/h6-9,14,16H,1-5,10-12H2,(H,20,22,23). The van der Waals surface area contributed by atoms with E-state index in [4.69, 9.17) is 4.74 Å². The third-order valence-corrected chi connectivity index (χ3v) is 4.98. The molecule has 3 rings (SSSR count). The fourth-order valence-corrected chi connectivity index (χ4v) is 3.76. The normalized spacial score (nSPS) is 24.0. The SMILES string of the molecule is O=C(NC(=O)c1ccc(F)cc1)OCC1CCCN2CCCCC12. The predicted molar refractivity (Wildman–Crippen MR) is 87.2 cm³/mol. The molecule has 2 saturated heterocycles. The van der Waals surface area contributed by atoms with Gasteiger partial charge in [0.25, 0.3) is 5.91 Å². The maximum Gasteiger partial charge on any atom is 0.414 e. The number of rotatable bonds is 3. The Morgan fingerprint density at radius 3 is 2.67 bits per heavy atom. The van der Waals surface area contributed by atoms with Crippen LogP contribution in [-0.4, -0.2) is 42.6 Å². The van der Waals surface area contributed by atoms with Gasteiger partial charge < -0.3 is 4.74 Å². The summed E-state index contributed by atoms with van der Waals surface area (Å²) >= 11 is 0. The van der Waals surface area contributed by atoms with Crippen molar-refractivity contribution >= 4 is 12.0 Å². The van der Waals surface area contributed by atoms with Crippen LogP contribution in [0.25, 0.3) is 0 Å². The fourth-order valence-electron chi connectivity index (χ4n) is 3.76. The molecule has 0 spiro atoms. The number of halogens is 1. The number of carbonyl (C=O) groups is 2. The van der Waals surface area contributed by atoms with Crippen LogP contribution < -0.4 is 5.32 Å². The number of nitrogens with zero attached hydrogens (tertiary/aromatic N) is 1. The molecule has 6 heteroatoms. The van der Waals surface area contributed by atoms with Crippen molar-refractivity contribution in [3.63, 3.8) is 0 Å². The van der Waals surface area contributed by atoms with Crippen LogP contribution in [-0.2, 0) is 4.74 Å². The molecule has 5 nitrogen and oxygen atoms in total. The van der Waals surface area contributed by atoms with Crippen LogP contribution in [0.15, 0.2) is 24.3 Å². The number of hydrogen-bond acceptors (Lipinski definition) is 4. The second kappa shape index (κ2) is 7.75. The predicted octanol–water partition coefficient (Wildman–Crippen LogP) is 2.96. The molecule has 24 heavy (non-hydrogen) atoms. The fraction of sp³-hybridized carbons (Fsp3) is 0.556. The zero-order valence-electron chi connectivity index (χ0n) is 13.7. The van der Waals surface area contributed by atoms with Gasteiger partial charge in [0, 0.05) is 17.5 Å². The van der Waals surface area contributed by atoms with Crippen LogP contribution in [0.2, 0.25) is 0 Å². The third kappa shape index (κ3) is 4.12. The summed E-state index contributed by atoms with van der Waals surface area (Å²) in [6.07, 6.45) is 5.08. The molecule has 2 heterocycles. The molecule has 130 valence electrons. The molecule has 0 aromatic heterocycles. The molecule has 2 atom stereocenters. The molecule has 2 unspecified atom stereocenters. The van der Waals surface area contributed by atoms with E-state index in [2.05, 4.69) is 10.2 Å². The first-order valence-electron chi connectivity index (χ1n) is 8.61. The average molecular weight is 334 g/mol. The van der Waals surface area contributed by atoms with E-state index in [1.165, 1.54) is 37.1 Å². The minimum Gasteiger partial charge on any atom is -0.449 e. The summed E-state index contributed by atoms with van der Waals surface area (Å²) < 4.78 is 18.1. The summed E-state index contributed by atoms with van der Waals surface area (Å²) in [4.78, 5) is 26.3. The molecule has 0 saturated carbocycles. The lowest BCUT2D eigenvalue weighted by Gasteiger charge is -2.44. The summed E-state index contributed by atoms with van der Waals surface area (Å²) in [6, 6.07) is 5.52. The number of imide groups is 1. The molecular formula is C18H23FN2O3. The lowest BCUT2D eigenvalue weighted by atomic mass is 9.84. The van der Waals surface area contributed by atoms with Gasteiger partial charge in [-0.2, -0.15) is 0 Å². The first kappa shape index (κ1) is 16.9. The van der Waals surface area contributed by atoms with Gasteiger partial charge in [0.15, 0.2) is 0 Å². The molecular weight excluding hydrogens is 311 g/mol. The second-order valence-electron chi connectivity index (χ2n) is 6.56. The zero-order valence-corrected chi connectivity index (χ0v) is 13.7. The highest BCUT2D eigenvalue weighted by Crippen LogP contribution is 2.30. The van der Waals surface area contributed by atoms with E-state index in [-0.39, 0.29) is 5.56 Å². The number of carbonyl (C=O) groups excluding carboxylic acids is 2. The van der Waals surface area contributed by atoms with Crippen molar-refractivity contribution in [1.82, 2.24) is 10.2 Å². The van der Waals surface area contributed by atoms with Crippen molar-refractivity contribution in [2.24, 2.45) is 5.92 Å². The van der Waals surface area contributed by atoms with Crippen LogP contribution in [0.4, 0.5) is 9.18 Å². The van der Waals surface area contributed by atoms with Gasteiger partial charge >= 0.3 is 6.09 Å². The third-order valence-electron chi connectivity index (χ3n) is 4.98. The Kier molecular flexibility index (Phi) is 5.45. The lowest BCUT2D eigenvalue weighted by Crippen LogP contribution is -2.49. The van der Waals surface area contributed by atoms with Crippen molar-refractivity contribution in [2.75, 3.05) is 19.7 Å². The summed E-state index contributed by atoms with van der Waals surface area (Å²) in [5.74, 6) is -0.669. The number of hydrogen-bond donors (Lipinski definition) is 1. The van der Waals surface area contributed by atoms with Gasteiger partial charge in [-0.05, 0) is 63.0 Å². The largest absolute Gasteiger partial charge is 0.449 e. The van der Waals surface area contributed by atoms with Gasteiger partial charge in [-0.15, -0.1) is 0 Å².